The lowest BCUT2D eigenvalue weighted by atomic mass is 9.48. The Labute approximate surface area is 158 Å². The summed E-state index contributed by atoms with van der Waals surface area (Å²) in [6.07, 6.45) is 3.52. The molecule has 4 nitrogen and oxygen atoms in total. The van der Waals surface area contributed by atoms with Crippen LogP contribution in [0.25, 0.3) is 0 Å². The van der Waals surface area contributed by atoms with E-state index in [1.165, 1.54) is 0 Å². The Morgan fingerprint density at radius 2 is 2.23 bits per heavy atom. The molecule has 2 aliphatic heterocycles. The smallest absolute Gasteiger partial charge is 0.166 e. The van der Waals surface area contributed by atoms with Crippen molar-refractivity contribution in [2.45, 2.75) is 68.1 Å². The van der Waals surface area contributed by atoms with E-state index in [-0.39, 0.29) is 24.3 Å². The van der Waals surface area contributed by atoms with E-state index >= 15 is 0 Å². The fourth-order valence-corrected chi connectivity index (χ4v) is 6.12. The average Bonchev–Trinajstić information content (AvgIpc) is 3.23. The minimum absolute atomic E-state index is 0.101. The molecule has 2 N–H and O–H groups in total. The SMILES string of the molecule is [2H]C1(CC([2H])([2H])N2CC[C@]34c5c6ccc(O)c5O[C@H]3C(=C)CC[C@@]4(O)[C@H]2C6)CC1. The first kappa shape index (κ1) is 12.8. The highest BCUT2D eigenvalue weighted by Gasteiger charge is 2.71. The molecule has 2 bridgehead atoms. The van der Waals surface area contributed by atoms with Gasteiger partial charge in [0.25, 0.3) is 0 Å². The van der Waals surface area contributed by atoms with Crippen molar-refractivity contribution in [2.75, 3.05) is 13.0 Å². The van der Waals surface area contributed by atoms with Crippen LogP contribution >= 0.6 is 0 Å². The van der Waals surface area contributed by atoms with Crippen LogP contribution < -0.4 is 4.74 Å². The van der Waals surface area contributed by atoms with Crippen LogP contribution in [0.2, 0.25) is 0 Å². The molecule has 26 heavy (non-hydrogen) atoms. The third kappa shape index (κ3) is 1.68. The van der Waals surface area contributed by atoms with Crippen molar-refractivity contribution in [3.8, 4) is 11.5 Å². The third-order valence-corrected chi connectivity index (χ3v) is 7.55. The molecule has 5 aliphatic rings. The average molecular weight is 356 g/mol. The van der Waals surface area contributed by atoms with Gasteiger partial charge in [-0.1, -0.05) is 25.5 Å². The zero-order valence-corrected chi connectivity index (χ0v) is 14.9. The summed E-state index contributed by atoms with van der Waals surface area (Å²) in [6, 6.07) is 3.17. The van der Waals surface area contributed by atoms with Gasteiger partial charge in [-0.2, -0.15) is 0 Å². The van der Waals surface area contributed by atoms with Crippen molar-refractivity contribution in [2.24, 2.45) is 5.89 Å². The highest BCUT2D eigenvalue weighted by Crippen LogP contribution is 2.66. The van der Waals surface area contributed by atoms with Crippen molar-refractivity contribution in [3.63, 3.8) is 0 Å². The van der Waals surface area contributed by atoms with Crippen molar-refractivity contribution in [1.29, 1.82) is 0 Å². The van der Waals surface area contributed by atoms with Gasteiger partial charge in [0.2, 0.25) is 0 Å². The summed E-state index contributed by atoms with van der Waals surface area (Å²) >= 11 is 0. The van der Waals surface area contributed by atoms with Crippen LogP contribution in [0.4, 0.5) is 0 Å². The molecular formula is C22H27NO3. The first-order chi connectivity index (χ1) is 13.6. The summed E-state index contributed by atoms with van der Waals surface area (Å²) < 4.78 is 32.2. The molecule has 2 heterocycles. The van der Waals surface area contributed by atoms with Crippen LogP contribution in [0.1, 0.15) is 53.8 Å². The topological polar surface area (TPSA) is 52.9 Å². The second-order valence-corrected chi connectivity index (χ2v) is 8.75. The number of rotatable bonds is 3. The fraction of sp³-hybridized carbons (Fsp3) is 0.636. The maximum atomic E-state index is 12.2. The Morgan fingerprint density at radius 1 is 1.38 bits per heavy atom. The van der Waals surface area contributed by atoms with Crippen molar-refractivity contribution < 1.29 is 19.1 Å². The van der Waals surface area contributed by atoms with Gasteiger partial charge in [0.15, 0.2) is 11.5 Å². The van der Waals surface area contributed by atoms with Crippen LogP contribution in [0.5, 0.6) is 11.5 Å². The Hall–Kier alpha value is -1.52. The van der Waals surface area contributed by atoms with E-state index in [9.17, 15) is 10.2 Å². The van der Waals surface area contributed by atoms with E-state index in [2.05, 4.69) is 6.58 Å². The molecule has 1 aromatic carbocycles. The van der Waals surface area contributed by atoms with E-state index < -0.39 is 23.4 Å². The number of hydrogen-bond acceptors (Lipinski definition) is 4. The minimum atomic E-state index is -1.64. The monoisotopic (exact) mass is 356 g/mol. The molecule has 6 rings (SSSR count). The van der Waals surface area contributed by atoms with Crippen LogP contribution in [0.15, 0.2) is 24.3 Å². The Kier molecular flexibility index (Phi) is 2.38. The first-order valence-corrected chi connectivity index (χ1v) is 9.80. The lowest BCUT2D eigenvalue weighted by Gasteiger charge is -2.63. The third-order valence-electron chi connectivity index (χ3n) is 7.55. The number of phenols is 1. The fourth-order valence-electron chi connectivity index (χ4n) is 6.12. The Balaban J connectivity index is 1.51. The lowest BCUT2D eigenvalue weighted by Crippen LogP contribution is -2.75. The predicted molar refractivity (Wildman–Crippen MR) is 98.5 cm³/mol. The molecule has 0 unspecified atom stereocenters. The second-order valence-electron chi connectivity index (χ2n) is 8.75. The molecule has 0 aromatic heterocycles. The molecule has 138 valence electrons. The Morgan fingerprint density at radius 3 is 3.04 bits per heavy atom. The molecule has 0 radical (unpaired) electrons. The summed E-state index contributed by atoms with van der Waals surface area (Å²) in [5.41, 5.74) is 1.06. The summed E-state index contributed by atoms with van der Waals surface area (Å²) in [4.78, 5) is 1.84. The van der Waals surface area contributed by atoms with Crippen LogP contribution in [0.3, 0.4) is 0 Å². The van der Waals surface area contributed by atoms with Gasteiger partial charge in [0, 0.05) is 15.7 Å². The number of hydrogen-bond donors (Lipinski definition) is 2. The van der Waals surface area contributed by atoms with Gasteiger partial charge >= 0.3 is 0 Å². The number of piperidine rings is 1. The van der Waals surface area contributed by atoms with Crippen molar-refractivity contribution >= 4 is 0 Å². The molecule has 3 fully saturated rings. The quantitative estimate of drug-likeness (QED) is 0.818. The van der Waals surface area contributed by atoms with Crippen LogP contribution in [0, 0.1) is 5.89 Å². The first-order valence-electron chi connectivity index (χ1n) is 11.3. The van der Waals surface area contributed by atoms with E-state index in [0.29, 0.717) is 38.0 Å². The summed E-state index contributed by atoms with van der Waals surface area (Å²) in [6.45, 7) is 3.09. The van der Waals surface area contributed by atoms with Crippen molar-refractivity contribution in [1.82, 2.24) is 4.90 Å². The molecule has 3 aliphatic carbocycles. The molecular weight excluding hydrogens is 326 g/mol. The number of aliphatic hydroxyl groups is 1. The molecule has 0 amide bonds. The number of ether oxygens (including phenoxy) is 1. The highest BCUT2D eigenvalue weighted by atomic mass is 16.5. The maximum Gasteiger partial charge on any atom is 0.166 e. The van der Waals surface area contributed by atoms with E-state index in [1.807, 2.05) is 11.0 Å². The van der Waals surface area contributed by atoms with Gasteiger partial charge in [-0.05, 0) is 68.2 Å². The molecule has 1 spiro atoms. The highest BCUT2D eigenvalue weighted by molar-refractivity contribution is 5.63. The number of nitrogens with zero attached hydrogens (tertiary/aromatic N) is 1. The van der Waals surface area contributed by atoms with Gasteiger partial charge in [-0.3, -0.25) is 4.90 Å². The predicted octanol–water partition coefficient (Wildman–Crippen LogP) is 2.90. The van der Waals surface area contributed by atoms with E-state index in [0.717, 1.165) is 29.5 Å². The van der Waals surface area contributed by atoms with Crippen molar-refractivity contribution in [3.05, 3.63) is 35.4 Å². The largest absolute Gasteiger partial charge is 0.504 e. The van der Waals surface area contributed by atoms with E-state index in [4.69, 9.17) is 8.85 Å². The van der Waals surface area contributed by atoms with Gasteiger partial charge in [0.1, 0.15) is 6.10 Å². The number of aromatic hydroxyl groups is 1. The normalized spacial score (nSPS) is 43.7. The molecule has 2 saturated carbocycles. The zero-order valence-electron chi connectivity index (χ0n) is 17.9. The van der Waals surface area contributed by atoms with Gasteiger partial charge in [-0.25, -0.2) is 0 Å². The molecule has 1 aromatic rings. The molecule has 4 heteroatoms. The summed E-state index contributed by atoms with van der Waals surface area (Å²) in [7, 11) is 0. The standard InChI is InChI=1S/C22H27NO3/c1-13-6-8-22(25)17-12-15-4-5-16(24)19-18(15)21(22,20(13)26-19)9-11-23(17)10-7-14-2-3-14/h4-5,14,17,20,24-25H,1-3,6-12H2/t17-,20+,21+,22-/m1/s1/i10D2,14D. The lowest BCUT2D eigenvalue weighted by molar-refractivity contribution is -0.174. The number of likely N-dealkylation sites (tertiary alicyclic amines) is 1. The number of phenolic OH excluding ortho intramolecular Hbond substituents is 1. The van der Waals surface area contributed by atoms with Gasteiger partial charge in [0.05, 0.1) is 11.0 Å². The Bertz CT molecular complexity index is 945. The number of benzene rings is 1. The van der Waals surface area contributed by atoms with Gasteiger partial charge in [-0.15, -0.1) is 0 Å². The van der Waals surface area contributed by atoms with Gasteiger partial charge < -0.3 is 14.9 Å². The zero-order chi connectivity index (χ0) is 20.4. The van der Waals surface area contributed by atoms with Crippen LogP contribution in [-0.4, -0.2) is 45.9 Å². The minimum Gasteiger partial charge on any atom is -0.504 e. The van der Waals surface area contributed by atoms with Crippen LogP contribution in [-0.2, 0) is 11.8 Å². The molecule has 4 atom stereocenters. The summed E-state index contributed by atoms with van der Waals surface area (Å²) in [5.74, 6) is -0.0807. The second kappa shape index (κ2) is 4.85. The molecule has 1 saturated heterocycles. The summed E-state index contributed by atoms with van der Waals surface area (Å²) in [5, 5.41) is 22.7. The van der Waals surface area contributed by atoms with E-state index in [1.54, 1.807) is 6.07 Å². The maximum absolute atomic E-state index is 12.2.